The van der Waals surface area contributed by atoms with E-state index in [1.807, 2.05) is 6.92 Å². The first-order valence-corrected chi connectivity index (χ1v) is 12.5. The summed E-state index contributed by atoms with van der Waals surface area (Å²) in [5.74, 6) is 1.15. The third kappa shape index (κ3) is 4.31. The van der Waals surface area contributed by atoms with Gasteiger partial charge in [-0.1, -0.05) is 0 Å². The molecule has 4 rings (SSSR count). The van der Waals surface area contributed by atoms with Gasteiger partial charge in [0.05, 0.1) is 11.9 Å². The first-order chi connectivity index (χ1) is 14.3. The quantitative estimate of drug-likeness (QED) is 0.639. The van der Waals surface area contributed by atoms with Crippen molar-refractivity contribution < 1.29 is 8.42 Å². The molecule has 1 N–H and O–H groups in total. The fourth-order valence-corrected chi connectivity index (χ4v) is 5.34. The van der Waals surface area contributed by atoms with Crippen molar-refractivity contribution in [3.8, 4) is 0 Å². The lowest BCUT2D eigenvalue weighted by Gasteiger charge is -2.31. The number of hydrogen-bond donors (Lipinski definition) is 1. The monoisotopic (exact) mass is 454 g/mol. The number of fused-ring (bicyclic) bond motifs is 1. The summed E-state index contributed by atoms with van der Waals surface area (Å²) >= 11 is 5.97. The highest BCUT2D eigenvalue weighted by Gasteiger charge is 2.32. The van der Waals surface area contributed by atoms with Crippen molar-refractivity contribution in [2.75, 3.05) is 30.7 Å². The van der Waals surface area contributed by atoms with E-state index in [1.165, 1.54) is 0 Å². The molecule has 2 fully saturated rings. The lowest BCUT2D eigenvalue weighted by atomic mass is 9.98. The van der Waals surface area contributed by atoms with Gasteiger partial charge in [-0.2, -0.15) is 4.98 Å². The SMILES string of the molecule is CCS(=O)(=O)N1CCC(CNc2nc3cnc(Cl)nc3n(C(C)C3CC3)c2=O)CC1. The molecule has 1 saturated heterocycles. The van der Waals surface area contributed by atoms with E-state index in [2.05, 4.69) is 20.3 Å². The average molecular weight is 455 g/mol. The van der Waals surface area contributed by atoms with Gasteiger partial charge in [-0.05, 0) is 63.0 Å². The number of sulfonamides is 1. The summed E-state index contributed by atoms with van der Waals surface area (Å²) in [7, 11) is -3.14. The third-order valence-electron chi connectivity index (χ3n) is 6.20. The van der Waals surface area contributed by atoms with Gasteiger partial charge in [-0.25, -0.2) is 22.7 Å². The van der Waals surface area contributed by atoms with Crippen LogP contribution in [0.2, 0.25) is 5.28 Å². The van der Waals surface area contributed by atoms with Gasteiger partial charge < -0.3 is 5.32 Å². The van der Waals surface area contributed by atoms with E-state index >= 15 is 0 Å². The Balaban J connectivity index is 1.53. The smallest absolute Gasteiger partial charge is 0.295 e. The van der Waals surface area contributed by atoms with Crippen LogP contribution < -0.4 is 10.9 Å². The van der Waals surface area contributed by atoms with Crippen molar-refractivity contribution in [1.82, 2.24) is 23.8 Å². The molecule has 0 aromatic carbocycles. The molecule has 30 heavy (non-hydrogen) atoms. The van der Waals surface area contributed by atoms with Gasteiger partial charge in [0, 0.05) is 25.7 Å². The second-order valence-corrected chi connectivity index (χ2v) is 10.8. The summed E-state index contributed by atoms with van der Waals surface area (Å²) in [6, 6.07) is 0.0111. The van der Waals surface area contributed by atoms with Crippen LogP contribution in [0.15, 0.2) is 11.0 Å². The molecule has 9 nitrogen and oxygen atoms in total. The average Bonchev–Trinajstić information content (AvgIpc) is 3.58. The molecule has 2 aliphatic rings. The van der Waals surface area contributed by atoms with E-state index in [0.717, 1.165) is 25.7 Å². The predicted octanol–water partition coefficient (Wildman–Crippen LogP) is 2.28. The van der Waals surface area contributed by atoms with Crippen molar-refractivity contribution in [2.24, 2.45) is 11.8 Å². The Morgan fingerprint density at radius 1 is 1.23 bits per heavy atom. The fourth-order valence-electron chi connectivity index (χ4n) is 4.08. The Bertz CT molecular complexity index is 1090. The Labute approximate surface area is 180 Å². The highest BCUT2D eigenvalue weighted by molar-refractivity contribution is 7.89. The van der Waals surface area contributed by atoms with E-state index in [0.29, 0.717) is 36.7 Å². The fraction of sp³-hybridized carbons (Fsp3) is 0.684. The van der Waals surface area contributed by atoms with Crippen LogP contribution in [0.1, 0.15) is 45.6 Å². The molecule has 0 spiro atoms. The van der Waals surface area contributed by atoms with Crippen LogP contribution in [-0.2, 0) is 10.0 Å². The Hall–Kier alpha value is -1.78. The van der Waals surface area contributed by atoms with Crippen LogP contribution in [0.4, 0.5) is 5.82 Å². The van der Waals surface area contributed by atoms with Gasteiger partial charge in [-0.15, -0.1) is 0 Å². The third-order valence-corrected chi connectivity index (χ3v) is 8.27. The number of halogens is 1. The van der Waals surface area contributed by atoms with E-state index in [-0.39, 0.29) is 34.4 Å². The molecule has 0 bridgehead atoms. The maximum atomic E-state index is 13.2. The Kier molecular flexibility index (Phi) is 6.00. The molecule has 1 aliphatic carbocycles. The van der Waals surface area contributed by atoms with Crippen LogP contribution in [-0.4, -0.2) is 57.6 Å². The number of aromatic nitrogens is 4. The summed E-state index contributed by atoms with van der Waals surface area (Å²) in [6.45, 7) is 5.30. The van der Waals surface area contributed by atoms with Crippen LogP contribution in [0, 0.1) is 11.8 Å². The minimum atomic E-state index is -3.14. The molecule has 3 heterocycles. The van der Waals surface area contributed by atoms with Crippen LogP contribution in [0.25, 0.3) is 11.2 Å². The molecule has 2 aromatic rings. The Morgan fingerprint density at radius 2 is 1.93 bits per heavy atom. The molecule has 164 valence electrons. The zero-order chi connectivity index (χ0) is 21.5. The standard InChI is InChI=1S/C19H27ClN6O3S/c1-3-30(28,29)25-8-6-13(7-9-25)10-21-16-18(27)26(12(2)14-4-5-14)17-15(23-16)11-22-19(20)24-17/h11-14H,3-10H2,1-2H3,(H,21,23). The summed E-state index contributed by atoms with van der Waals surface area (Å²) in [6.07, 6.45) is 5.24. The largest absolute Gasteiger partial charge is 0.365 e. The van der Waals surface area contributed by atoms with Crippen molar-refractivity contribution in [2.45, 2.75) is 45.6 Å². The van der Waals surface area contributed by atoms with Crippen LogP contribution >= 0.6 is 11.6 Å². The summed E-state index contributed by atoms with van der Waals surface area (Å²) in [4.78, 5) is 25.9. The normalized spacial score (nSPS) is 19.8. The molecule has 1 aliphatic heterocycles. The van der Waals surface area contributed by atoms with Crippen molar-refractivity contribution in [1.29, 1.82) is 0 Å². The van der Waals surface area contributed by atoms with Crippen molar-refractivity contribution in [3.05, 3.63) is 21.8 Å². The predicted molar refractivity (Wildman–Crippen MR) is 116 cm³/mol. The molecule has 11 heteroatoms. The summed E-state index contributed by atoms with van der Waals surface area (Å²) < 4.78 is 27.3. The number of piperidine rings is 1. The van der Waals surface area contributed by atoms with E-state index in [9.17, 15) is 13.2 Å². The zero-order valence-electron chi connectivity index (χ0n) is 17.2. The lowest BCUT2D eigenvalue weighted by Crippen LogP contribution is -2.41. The van der Waals surface area contributed by atoms with Gasteiger partial charge in [0.1, 0.15) is 5.52 Å². The second kappa shape index (κ2) is 8.39. The van der Waals surface area contributed by atoms with Crippen molar-refractivity contribution in [3.63, 3.8) is 0 Å². The first kappa shape index (κ1) is 21.5. The minimum Gasteiger partial charge on any atom is -0.365 e. The van der Waals surface area contributed by atoms with E-state index in [4.69, 9.17) is 11.6 Å². The molecule has 0 radical (unpaired) electrons. The van der Waals surface area contributed by atoms with Gasteiger partial charge in [0.25, 0.3) is 5.56 Å². The van der Waals surface area contributed by atoms with Gasteiger partial charge in [0.2, 0.25) is 15.3 Å². The first-order valence-electron chi connectivity index (χ1n) is 10.5. The van der Waals surface area contributed by atoms with Crippen molar-refractivity contribution >= 4 is 38.6 Å². The van der Waals surface area contributed by atoms with E-state index in [1.54, 1.807) is 22.0 Å². The van der Waals surface area contributed by atoms with E-state index < -0.39 is 10.0 Å². The highest BCUT2D eigenvalue weighted by Crippen LogP contribution is 2.39. The molecule has 2 aromatic heterocycles. The van der Waals surface area contributed by atoms with Gasteiger partial charge in [-0.3, -0.25) is 9.36 Å². The molecule has 1 unspecified atom stereocenters. The highest BCUT2D eigenvalue weighted by atomic mass is 35.5. The van der Waals surface area contributed by atoms with Gasteiger partial charge >= 0.3 is 0 Å². The maximum Gasteiger partial charge on any atom is 0.295 e. The molecule has 1 atom stereocenters. The molecule has 1 saturated carbocycles. The zero-order valence-corrected chi connectivity index (χ0v) is 18.8. The van der Waals surface area contributed by atoms with Crippen LogP contribution in [0.5, 0.6) is 0 Å². The lowest BCUT2D eigenvalue weighted by molar-refractivity contribution is 0.282. The topological polar surface area (TPSA) is 110 Å². The molecule has 0 amide bonds. The summed E-state index contributed by atoms with van der Waals surface area (Å²) in [5, 5.41) is 3.30. The maximum absolute atomic E-state index is 13.2. The molecular weight excluding hydrogens is 428 g/mol. The van der Waals surface area contributed by atoms with Gasteiger partial charge in [0.15, 0.2) is 11.5 Å². The number of rotatable bonds is 7. The number of nitrogens with zero attached hydrogens (tertiary/aromatic N) is 5. The number of hydrogen-bond acceptors (Lipinski definition) is 7. The number of nitrogens with one attached hydrogen (secondary N) is 1. The van der Waals surface area contributed by atoms with Crippen LogP contribution in [0.3, 0.4) is 0 Å². The Morgan fingerprint density at radius 3 is 2.57 bits per heavy atom. The number of anilines is 1. The minimum absolute atomic E-state index is 0.0111. The summed E-state index contributed by atoms with van der Waals surface area (Å²) in [5.41, 5.74) is 0.781. The second-order valence-electron chi connectivity index (χ2n) is 8.19. The molecular formula is C19H27ClN6O3S.